The van der Waals surface area contributed by atoms with Crippen molar-refractivity contribution in [3.63, 3.8) is 0 Å². The van der Waals surface area contributed by atoms with Crippen molar-refractivity contribution in [1.82, 2.24) is 15.6 Å². The van der Waals surface area contributed by atoms with Gasteiger partial charge in [-0.2, -0.15) is 0 Å². The van der Waals surface area contributed by atoms with Crippen LogP contribution in [0.1, 0.15) is 53.7 Å². The molecule has 1 aliphatic rings. The smallest absolute Gasteiger partial charge is 0.412 e. The lowest BCUT2D eigenvalue weighted by atomic mass is 9.98. The van der Waals surface area contributed by atoms with Crippen molar-refractivity contribution >= 4 is 23.8 Å². The second-order valence-corrected chi connectivity index (χ2v) is 8.49. The minimum absolute atomic E-state index is 0.0799. The first kappa shape index (κ1) is 23.9. The molecule has 35 heavy (non-hydrogen) atoms. The van der Waals surface area contributed by atoms with Gasteiger partial charge in [0.1, 0.15) is 6.61 Å². The van der Waals surface area contributed by atoms with Crippen molar-refractivity contribution in [2.75, 3.05) is 18.5 Å². The van der Waals surface area contributed by atoms with E-state index >= 15 is 0 Å². The molecule has 3 N–H and O–H groups in total. The van der Waals surface area contributed by atoms with E-state index in [1.54, 1.807) is 0 Å². The molecule has 3 aromatic rings. The second-order valence-electron chi connectivity index (χ2n) is 8.49. The third-order valence-electron chi connectivity index (χ3n) is 6.04. The van der Waals surface area contributed by atoms with Crippen LogP contribution in [0.25, 0.3) is 11.1 Å². The Bertz CT molecular complexity index is 1180. The van der Waals surface area contributed by atoms with Gasteiger partial charge in [0, 0.05) is 18.9 Å². The third kappa shape index (κ3) is 5.65. The van der Waals surface area contributed by atoms with Gasteiger partial charge in [0.25, 0.3) is 5.91 Å². The topological polar surface area (TPSA) is 144 Å². The fraction of sp³-hybridized carbons (Fsp3) is 0.320. The molecule has 0 aliphatic heterocycles. The lowest BCUT2D eigenvalue weighted by molar-refractivity contribution is -0.137. The predicted molar refractivity (Wildman–Crippen MR) is 126 cm³/mol. The summed E-state index contributed by atoms with van der Waals surface area (Å²) in [6.45, 7) is 2.34. The number of benzene rings is 2. The van der Waals surface area contributed by atoms with Gasteiger partial charge in [-0.05, 0) is 51.3 Å². The van der Waals surface area contributed by atoms with Crippen LogP contribution in [0.15, 0.2) is 53.2 Å². The van der Waals surface area contributed by atoms with Crippen LogP contribution >= 0.6 is 0 Å². The maximum absolute atomic E-state index is 12.5. The molecule has 0 saturated carbocycles. The van der Waals surface area contributed by atoms with Crippen LogP contribution in [0.5, 0.6) is 0 Å². The van der Waals surface area contributed by atoms with Crippen LogP contribution in [0.2, 0.25) is 0 Å². The van der Waals surface area contributed by atoms with Crippen LogP contribution < -0.4 is 10.6 Å². The number of carbonyl (C=O) groups is 3. The minimum Gasteiger partial charge on any atom is -0.481 e. The van der Waals surface area contributed by atoms with Gasteiger partial charge in [-0.1, -0.05) is 55.5 Å². The average molecular weight is 479 g/mol. The first-order valence-electron chi connectivity index (χ1n) is 11.4. The fourth-order valence-electron chi connectivity index (χ4n) is 4.18. The number of anilines is 1. The Morgan fingerprint density at radius 3 is 2.34 bits per heavy atom. The fourth-order valence-corrected chi connectivity index (χ4v) is 4.18. The first-order chi connectivity index (χ1) is 16.9. The van der Waals surface area contributed by atoms with Crippen LogP contribution in [-0.4, -0.2) is 46.5 Å². The quantitative estimate of drug-likeness (QED) is 0.396. The van der Waals surface area contributed by atoms with E-state index in [1.165, 1.54) is 0 Å². The summed E-state index contributed by atoms with van der Waals surface area (Å²) in [4.78, 5) is 35.6. The zero-order chi connectivity index (χ0) is 24.8. The molecule has 1 aromatic heterocycles. The number of ether oxygens (including phenoxy) is 1. The van der Waals surface area contributed by atoms with E-state index in [0.717, 1.165) is 22.3 Å². The lowest BCUT2D eigenvalue weighted by Gasteiger charge is -2.14. The summed E-state index contributed by atoms with van der Waals surface area (Å²) < 4.78 is 10.1. The van der Waals surface area contributed by atoms with Crippen molar-refractivity contribution in [3.05, 3.63) is 65.4 Å². The zero-order valence-electron chi connectivity index (χ0n) is 19.2. The van der Waals surface area contributed by atoms with Crippen LogP contribution in [0, 0.1) is 5.92 Å². The maximum Gasteiger partial charge on any atom is 0.412 e. The average Bonchev–Trinajstić information content (AvgIpc) is 3.44. The number of carboxylic acid groups (broad SMARTS) is 1. The van der Waals surface area contributed by atoms with Gasteiger partial charge >= 0.3 is 12.1 Å². The molecule has 0 saturated heterocycles. The number of aliphatic carboxylic acids is 1. The number of carbonyl (C=O) groups excluding carboxylic acids is 2. The molecule has 1 heterocycles. The summed E-state index contributed by atoms with van der Waals surface area (Å²) in [7, 11) is 0. The third-order valence-corrected chi connectivity index (χ3v) is 6.04. The van der Waals surface area contributed by atoms with Gasteiger partial charge in [-0.25, -0.2) is 9.42 Å². The first-order valence-corrected chi connectivity index (χ1v) is 11.4. The summed E-state index contributed by atoms with van der Waals surface area (Å²) in [5, 5.41) is 21.0. The normalized spacial score (nSPS) is 12.9. The molecule has 1 unspecified atom stereocenters. The predicted octanol–water partition coefficient (Wildman–Crippen LogP) is 4.05. The molecule has 0 radical (unpaired) electrons. The highest BCUT2D eigenvalue weighted by atomic mass is 16.6. The molecule has 10 nitrogen and oxygen atoms in total. The zero-order valence-corrected chi connectivity index (χ0v) is 19.2. The van der Waals surface area contributed by atoms with Crippen LogP contribution in [0.4, 0.5) is 10.6 Å². The molecule has 0 bridgehead atoms. The van der Waals surface area contributed by atoms with Crippen molar-refractivity contribution in [3.8, 4) is 11.1 Å². The van der Waals surface area contributed by atoms with E-state index in [-0.39, 0.29) is 36.4 Å². The van der Waals surface area contributed by atoms with Gasteiger partial charge in [-0.15, -0.1) is 0 Å². The minimum atomic E-state index is -0.849. The van der Waals surface area contributed by atoms with Gasteiger partial charge in [-0.3, -0.25) is 14.9 Å². The van der Waals surface area contributed by atoms with Crippen molar-refractivity contribution in [1.29, 1.82) is 0 Å². The molecule has 1 aliphatic carbocycles. The highest BCUT2D eigenvalue weighted by Crippen LogP contribution is 2.44. The summed E-state index contributed by atoms with van der Waals surface area (Å²) in [6, 6.07) is 16.0. The number of nitrogens with zero attached hydrogens (tertiary/aromatic N) is 2. The van der Waals surface area contributed by atoms with Crippen molar-refractivity contribution in [2.45, 2.75) is 32.1 Å². The van der Waals surface area contributed by atoms with Gasteiger partial charge in [0.2, 0.25) is 11.5 Å². The summed E-state index contributed by atoms with van der Waals surface area (Å²) in [6.07, 6.45) is 0.417. The highest BCUT2D eigenvalue weighted by Gasteiger charge is 2.29. The van der Waals surface area contributed by atoms with Crippen molar-refractivity contribution < 1.29 is 28.9 Å². The Morgan fingerprint density at radius 1 is 1.03 bits per heavy atom. The number of fused-ring (bicyclic) bond motifs is 3. The van der Waals surface area contributed by atoms with E-state index in [2.05, 4.69) is 25.6 Å². The largest absolute Gasteiger partial charge is 0.481 e. The Kier molecular flexibility index (Phi) is 7.39. The van der Waals surface area contributed by atoms with Gasteiger partial charge in [0.05, 0.1) is 0 Å². The van der Waals surface area contributed by atoms with Gasteiger partial charge < -0.3 is 15.2 Å². The number of amides is 2. The van der Waals surface area contributed by atoms with E-state index in [9.17, 15) is 14.4 Å². The number of rotatable bonds is 10. The van der Waals surface area contributed by atoms with E-state index < -0.39 is 18.0 Å². The van der Waals surface area contributed by atoms with E-state index in [1.807, 2.05) is 55.5 Å². The maximum atomic E-state index is 12.5. The molecular formula is C25H26N4O6. The SMILES string of the molecule is CC(CCNC(=O)c1nonc1NC(=O)OCC1c2ccccc2-c2ccccc21)CCC(=O)O. The molecule has 0 fully saturated rings. The van der Waals surface area contributed by atoms with E-state index in [0.29, 0.717) is 19.4 Å². The number of carboxylic acids is 1. The number of aromatic nitrogens is 2. The Balaban J connectivity index is 1.30. The van der Waals surface area contributed by atoms with Crippen LogP contribution in [-0.2, 0) is 9.53 Å². The molecule has 10 heteroatoms. The standard InChI is InChI=1S/C25H26N4O6/c1-15(10-11-21(30)31)12-13-26-24(32)22-23(29-35-28-22)27-25(33)34-14-20-18-8-4-2-6-16(18)17-7-3-5-9-19(17)20/h2-9,15,20H,10-14H2,1H3,(H,26,32)(H,30,31)(H,27,29,33). The summed E-state index contributed by atoms with van der Waals surface area (Å²) in [5.41, 5.74) is 4.24. The molecule has 2 amide bonds. The molecular weight excluding hydrogens is 452 g/mol. The Hall–Kier alpha value is -4.21. The number of hydrogen-bond donors (Lipinski definition) is 3. The Morgan fingerprint density at radius 2 is 1.69 bits per heavy atom. The second kappa shape index (κ2) is 10.8. The highest BCUT2D eigenvalue weighted by molar-refractivity contribution is 5.99. The molecule has 182 valence electrons. The molecule has 1 atom stereocenters. The summed E-state index contributed by atoms with van der Waals surface area (Å²) >= 11 is 0. The lowest BCUT2D eigenvalue weighted by Crippen LogP contribution is -2.27. The van der Waals surface area contributed by atoms with Crippen LogP contribution in [0.3, 0.4) is 0 Å². The molecule has 2 aromatic carbocycles. The van der Waals surface area contributed by atoms with Crippen molar-refractivity contribution in [2.24, 2.45) is 5.92 Å². The van der Waals surface area contributed by atoms with E-state index in [4.69, 9.17) is 9.84 Å². The molecule has 4 rings (SSSR count). The molecule has 0 spiro atoms. The number of nitrogens with one attached hydrogen (secondary N) is 2. The monoisotopic (exact) mass is 478 g/mol. The summed E-state index contributed by atoms with van der Waals surface area (Å²) in [5.74, 6) is -1.53. The number of hydrogen-bond acceptors (Lipinski definition) is 7. The Labute approximate surface area is 201 Å². The van der Waals surface area contributed by atoms with Gasteiger partial charge in [0.15, 0.2) is 0 Å².